The SMILES string of the molecule is CC1(C)CCC(CCN)c2cc(Br)ccc21. The van der Waals surface area contributed by atoms with Crippen molar-refractivity contribution in [2.45, 2.75) is 44.4 Å². The fourth-order valence-corrected chi connectivity index (χ4v) is 3.19. The van der Waals surface area contributed by atoms with E-state index in [0.717, 1.165) is 13.0 Å². The van der Waals surface area contributed by atoms with Crippen LogP contribution < -0.4 is 5.73 Å². The zero-order valence-electron chi connectivity index (χ0n) is 10.1. The van der Waals surface area contributed by atoms with Crippen LogP contribution in [-0.4, -0.2) is 6.54 Å². The number of hydrogen-bond acceptors (Lipinski definition) is 1. The normalized spacial score (nSPS) is 22.9. The predicted octanol–water partition coefficient (Wildman–Crippen LogP) is 3.95. The fourth-order valence-electron chi connectivity index (χ4n) is 2.81. The Hall–Kier alpha value is -0.340. The van der Waals surface area contributed by atoms with Crippen LogP contribution in [-0.2, 0) is 5.41 Å². The number of nitrogens with two attached hydrogens (primary N) is 1. The van der Waals surface area contributed by atoms with Crippen LogP contribution >= 0.6 is 15.9 Å². The van der Waals surface area contributed by atoms with Crippen LogP contribution in [0, 0.1) is 0 Å². The smallest absolute Gasteiger partial charge is 0.0178 e. The van der Waals surface area contributed by atoms with Crippen LogP contribution in [0.1, 0.15) is 50.2 Å². The number of fused-ring (bicyclic) bond motifs is 1. The average molecular weight is 282 g/mol. The predicted molar refractivity (Wildman–Crippen MR) is 72.8 cm³/mol. The molecular weight excluding hydrogens is 262 g/mol. The van der Waals surface area contributed by atoms with E-state index in [2.05, 4.69) is 48.0 Å². The monoisotopic (exact) mass is 281 g/mol. The molecule has 0 amide bonds. The van der Waals surface area contributed by atoms with Crippen LogP contribution in [0.2, 0.25) is 0 Å². The van der Waals surface area contributed by atoms with E-state index in [1.54, 1.807) is 0 Å². The first-order chi connectivity index (χ1) is 7.54. The molecule has 0 aromatic heterocycles. The van der Waals surface area contributed by atoms with Crippen molar-refractivity contribution in [3.05, 3.63) is 33.8 Å². The molecule has 1 unspecified atom stereocenters. The molecule has 1 aliphatic rings. The summed E-state index contributed by atoms with van der Waals surface area (Å²) in [5.74, 6) is 0.658. The lowest BCUT2D eigenvalue weighted by Crippen LogP contribution is -2.27. The van der Waals surface area contributed by atoms with Crippen LogP contribution in [0.25, 0.3) is 0 Å². The van der Waals surface area contributed by atoms with E-state index in [-0.39, 0.29) is 0 Å². The van der Waals surface area contributed by atoms with Crippen molar-refractivity contribution in [1.82, 2.24) is 0 Å². The summed E-state index contributed by atoms with van der Waals surface area (Å²) in [6.07, 6.45) is 3.65. The zero-order valence-corrected chi connectivity index (χ0v) is 11.7. The Morgan fingerprint density at radius 3 is 2.88 bits per heavy atom. The fraction of sp³-hybridized carbons (Fsp3) is 0.571. The quantitative estimate of drug-likeness (QED) is 0.873. The maximum Gasteiger partial charge on any atom is 0.0178 e. The second kappa shape index (κ2) is 4.50. The largest absolute Gasteiger partial charge is 0.330 e. The minimum absolute atomic E-state index is 0.321. The van der Waals surface area contributed by atoms with Crippen molar-refractivity contribution in [3.8, 4) is 0 Å². The number of halogens is 1. The molecule has 0 radical (unpaired) electrons. The van der Waals surface area contributed by atoms with Gasteiger partial charge >= 0.3 is 0 Å². The molecule has 0 aliphatic heterocycles. The van der Waals surface area contributed by atoms with Gasteiger partial charge in [-0.1, -0.05) is 35.8 Å². The molecule has 1 aromatic rings. The molecule has 0 saturated heterocycles. The maximum atomic E-state index is 5.71. The second-order valence-corrected chi connectivity index (χ2v) is 6.34. The summed E-state index contributed by atoms with van der Waals surface area (Å²) < 4.78 is 1.19. The first kappa shape index (κ1) is 12.1. The van der Waals surface area contributed by atoms with Gasteiger partial charge in [0.2, 0.25) is 0 Å². The summed E-state index contributed by atoms with van der Waals surface area (Å²) in [4.78, 5) is 0. The van der Waals surface area contributed by atoms with Gasteiger partial charge in [-0.05, 0) is 60.4 Å². The van der Waals surface area contributed by atoms with Gasteiger partial charge in [0.25, 0.3) is 0 Å². The Balaban J connectivity index is 2.45. The molecule has 2 N–H and O–H groups in total. The summed E-state index contributed by atoms with van der Waals surface area (Å²) in [6.45, 7) is 5.48. The third-order valence-electron chi connectivity index (χ3n) is 3.82. The van der Waals surface area contributed by atoms with Crippen molar-refractivity contribution in [1.29, 1.82) is 0 Å². The Bertz CT molecular complexity index is 384. The van der Waals surface area contributed by atoms with E-state index in [4.69, 9.17) is 5.73 Å². The van der Waals surface area contributed by atoms with E-state index in [1.807, 2.05) is 0 Å². The summed E-state index contributed by atoms with van der Waals surface area (Å²) in [5, 5.41) is 0. The molecule has 0 saturated carbocycles. The van der Waals surface area contributed by atoms with Gasteiger partial charge in [-0.15, -0.1) is 0 Å². The maximum absolute atomic E-state index is 5.71. The summed E-state index contributed by atoms with van der Waals surface area (Å²) >= 11 is 3.58. The molecule has 1 atom stereocenters. The number of rotatable bonds is 2. The van der Waals surface area contributed by atoms with Gasteiger partial charge < -0.3 is 5.73 Å². The molecule has 1 aliphatic carbocycles. The Labute approximate surface area is 107 Å². The Morgan fingerprint density at radius 2 is 2.19 bits per heavy atom. The topological polar surface area (TPSA) is 26.0 Å². The van der Waals surface area contributed by atoms with Crippen molar-refractivity contribution < 1.29 is 0 Å². The standard InChI is InChI=1S/C14H20BrN/c1-14(2)7-5-10(6-8-16)12-9-11(15)3-4-13(12)14/h3-4,9-10H,5-8,16H2,1-2H3. The highest BCUT2D eigenvalue weighted by Crippen LogP contribution is 2.44. The van der Waals surface area contributed by atoms with Crippen LogP contribution in [0.15, 0.2) is 22.7 Å². The molecule has 88 valence electrons. The lowest BCUT2D eigenvalue weighted by atomic mass is 9.68. The van der Waals surface area contributed by atoms with Crippen LogP contribution in [0.5, 0.6) is 0 Å². The Kier molecular flexibility index (Phi) is 3.41. The van der Waals surface area contributed by atoms with Crippen LogP contribution in [0.3, 0.4) is 0 Å². The Morgan fingerprint density at radius 1 is 1.44 bits per heavy atom. The zero-order chi connectivity index (χ0) is 11.8. The van der Waals surface area contributed by atoms with Gasteiger partial charge in [0.1, 0.15) is 0 Å². The molecule has 1 nitrogen and oxygen atoms in total. The van der Waals surface area contributed by atoms with Gasteiger partial charge in [0.05, 0.1) is 0 Å². The lowest BCUT2D eigenvalue weighted by molar-refractivity contribution is 0.383. The van der Waals surface area contributed by atoms with Gasteiger partial charge in [-0.3, -0.25) is 0 Å². The average Bonchev–Trinajstić information content (AvgIpc) is 2.22. The summed E-state index contributed by atoms with van der Waals surface area (Å²) in [5.41, 5.74) is 9.06. The first-order valence-corrected chi connectivity index (χ1v) is 6.84. The van der Waals surface area contributed by atoms with Gasteiger partial charge in [0.15, 0.2) is 0 Å². The van der Waals surface area contributed by atoms with E-state index in [1.165, 1.54) is 28.4 Å². The minimum atomic E-state index is 0.321. The molecule has 0 heterocycles. The third kappa shape index (κ3) is 2.18. The highest BCUT2D eigenvalue weighted by atomic mass is 79.9. The molecule has 0 spiro atoms. The first-order valence-electron chi connectivity index (χ1n) is 6.04. The van der Waals surface area contributed by atoms with E-state index in [0.29, 0.717) is 11.3 Å². The molecule has 0 bridgehead atoms. The van der Waals surface area contributed by atoms with Gasteiger partial charge in [-0.2, -0.15) is 0 Å². The molecule has 0 fully saturated rings. The van der Waals surface area contributed by atoms with Crippen molar-refractivity contribution in [2.75, 3.05) is 6.54 Å². The van der Waals surface area contributed by atoms with Crippen molar-refractivity contribution >= 4 is 15.9 Å². The summed E-state index contributed by atoms with van der Waals surface area (Å²) in [7, 11) is 0. The number of benzene rings is 1. The minimum Gasteiger partial charge on any atom is -0.330 e. The third-order valence-corrected chi connectivity index (χ3v) is 4.31. The lowest BCUT2D eigenvalue weighted by Gasteiger charge is -2.37. The van der Waals surface area contributed by atoms with Crippen molar-refractivity contribution in [2.24, 2.45) is 5.73 Å². The number of hydrogen-bond donors (Lipinski definition) is 1. The summed E-state index contributed by atoms with van der Waals surface area (Å²) in [6, 6.07) is 6.73. The van der Waals surface area contributed by atoms with E-state index in [9.17, 15) is 0 Å². The molecule has 2 heteroatoms. The van der Waals surface area contributed by atoms with E-state index >= 15 is 0 Å². The van der Waals surface area contributed by atoms with Crippen molar-refractivity contribution in [3.63, 3.8) is 0 Å². The highest BCUT2D eigenvalue weighted by Gasteiger charge is 2.31. The molecular formula is C14H20BrN. The van der Waals surface area contributed by atoms with Gasteiger partial charge in [-0.25, -0.2) is 0 Å². The van der Waals surface area contributed by atoms with Gasteiger partial charge in [0, 0.05) is 4.47 Å². The molecule has 1 aromatic carbocycles. The second-order valence-electron chi connectivity index (χ2n) is 5.43. The van der Waals surface area contributed by atoms with E-state index < -0.39 is 0 Å². The molecule has 2 rings (SSSR count). The molecule has 16 heavy (non-hydrogen) atoms. The van der Waals surface area contributed by atoms with Crippen LogP contribution in [0.4, 0.5) is 0 Å². The highest BCUT2D eigenvalue weighted by molar-refractivity contribution is 9.10.